The fourth-order valence-corrected chi connectivity index (χ4v) is 4.09. The van der Waals surface area contributed by atoms with Gasteiger partial charge in [-0.15, -0.1) is 0 Å². The summed E-state index contributed by atoms with van der Waals surface area (Å²) in [4.78, 5) is 12.4. The second kappa shape index (κ2) is 6.55. The number of fused-ring (bicyclic) bond motifs is 3. The fraction of sp³-hybridized carbons (Fsp3) is 0.190. The van der Waals surface area contributed by atoms with Crippen LogP contribution in [-0.4, -0.2) is 5.97 Å². The van der Waals surface area contributed by atoms with E-state index in [1.54, 1.807) is 0 Å². The minimum atomic E-state index is -0.180. The van der Waals surface area contributed by atoms with Crippen LogP contribution in [0, 0.1) is 3.57 Å². The van der Waals surface area contributed by atoms with Gasteiger partial charge in [-0.1, -0.05) is 54.6 Å². The highest BCUT2D eigenvalue weighted by Gasteiger charge is 2.32. The van der Waals surface area contributed by atoms with Gasteiger partial charge in [-0.2, -0.15) is 0 Å². The number of hydrogen-bond acceptors (Lipinski definition) is 2. The Labute approximate surface area is 155 Å². The number of carbonyl (C=O) groups is 1. The molecule has 1 aliphatic heterocycles. The van der Waals surface area contributed by atoms with Crippen molar-refractivity contribution in [1.82, 2.24) is 0 Å². The number of aryl methyl sites for hydroxylation is 1. The van der Waals surface area contributed by atoms with Gasteiger partial charge in [0, 0.05) is 9.13 Å². The molecule has 3 aromatic carbocycles. The van der Waals surface area contributed by atoms with E-state index in [2.05, 4.69) is 59.0 Å². The van der Waals surface area contributed by atoms with E-state index in [0.29, 0.717) is 0 Å². The zero-order valence-electron chi connectivity index (χ0n) is 13.2. The molecule has 3 heteroatoms. The number of carbonyl (C=O) groups excluding carboxylic acids is 1. The van der Waals surface area contributed by atoms with Crippen LogP contribution in [0.2, 0.25) is 0 Å². The first-order valence-corrected chi connectivity index (χ1v) is 9.28. The van der Waals surface area contributed by atoms with Gasteiger partial charge in [-0.25, -0.2) is 4.79 Å². The molecule has 1 heterocycles. The van der Waals surface area contributed by atoms with Gasteiger partial charge in [0.15, 0.2) is 0 Å². The van der Waals surface area contributed by atoms with Crippen molar-refractivity contribution in [2.24, 2.45) is 0 Å². The van der Waals surface area contributed by atoms with Gasteiger partial charge in [0.05, 0.1) is 5.56 Å². The maximum absolute atomic E-state index is 12.4. The van der Waals surface area contributed by atoms with Gasteiger partial charge in [-0.3, -0.25) is 0 Å². The smallest absolute Gasteiger partial charge is 0.339 e. The lowest BCUT2D eigenvalue weighted by atomic mass is 9.95. The zero-order chi connectivity index (χ0) is 16.5. The lowest BCUT2D eigenvalue weighted by molar-refractivity contribution is 0.0366. The number of benzene rings is 3. The van der Waals surface area contributed by atoms with Crippen molar-refractivity contribution in [2.75, 3.05) is 0 Å². The first-order valence-electron chi connectivity index (χ1n) is 8.20. The van der Waals surface area contributed by atoms with Gasteiger partial charge in [0.25, 0.3) is 0 Å². The van der Waals surface area contributed by atoms with Gasteiger partial charge >= 0.3 is 5.97 Å². The quantitative estimate of drug-likeness (QED) is 0.395. The Morgan fingerprint density at radius 3 is 2.62 bits per heavy atom. The summed E-state index contributed by atoms with van der Waals surface area (Å²) in [5.74, 6) is -0.180. The Morgan fingerprint density at radius 2 is 1.75 bits per heavy atom. The normalized spacial score (nSPS) is 16.2. The highest BCUT2D eigenvalue weighted by molar-refractivity contribution is 14.1. The van der Waals surface area contributed by atoms with Gasteiger partial charge in [0.1, 0.15) is 6.10 Å². The van der Waals surface area contributed by atoms with Gasteiger partial charge in [0.2, 0.25) is 0 Å². The van der Waals surface area contributed by atoms with Gasteiger partial charge in [-0.05, 0) is 64.3 Å². The van der Waals surface area contributed by atoms with Crippen molar-refractivity contribution in [3.8, 4) is 0 Å². The van der Waals surface area contributed by atoms with Crippen molar-refractivity contribution in [2.45, 2.75) is 25.4 Å². The second-order valence-corrected chi connectivity index (χ2v) is 7.29. The molecule has 0 amide bonds. The number of hydrogen-bond donors (Lipinski definition) is 0. The highest BCUT2D eigenvalue weighted by atomic mass is 127. The number of ether oxygens (including phenoxy) is 1. The molecule has 0 N–H and O–H groups in total. The molecule has 0 aromatic heterocycles. The third kappa shape index (κ3) is 2.81. The van der Waals surface area contributed by atoms with Crippen LogP contribution in [0.15, 0.2) is 60.7 Å². The van der Waals surface area contributed by atoms with E-state index in [1.165, 1.54) is 9.13 Å². The van der Waals surface area contributed by atoms with Gasteiger partial charge < -0.3 is 4.74 Å². The Hall–Kier alpha value is -1.88. The third-order valence-corrected chi connectivity index (χ3v) is 5.68. The summed E-state index contributed by atoms with van der Waals surface area (Å²) in [6, 6.07) is 20.6. The third-order valence-electron chi connectivity index (χ3n) is 4.63. The van der Waals surface area contributed by atoms with Crippen molar-refractivity contribution in [3.63, 3.8) is 0 Å². The molecule has 0 aliphatic carbocycles. The lowest BCUT2D eigenvalue weighted by Crippen LogP contribution is -2.00. The van der Waals surface area contributed by atoms with Crippen LogP contribution in [0.4, 0.5) is 0 Å². The summed E-state index contributed by atoms with van der Waals surface area (Å²) in [6.45, 7) is 0. The SMILES string of the molecule is O=C1OC(CCCc2ccccc2I)c2ccc3ccccc3c21. The molecule has 1 aliphatic rings. The van der Waals surface area contributed by atoms with Crippen LogP contribution in [-0.2, 0) is 11.2 Å². The summed E-state index contributed by atoms with van der Waals surface area (Å²) in [5.41, 5.74) is 3.16. The van der Waals surface area contributed by atoms with E-state index in [0.717, 1.165) is 41.2 Å². The monoisotopic (exact) mass is 428 g/mol. The Bertz CT molecular complexity index is 917. The van der Waals surface area contributed by atoms with Crippen molar-refractivity contribution in [3.05, 3.63) is 80.9 Å². The topological polar surface area (TPSA) is 26.3 Å². The van der Waals surface area contributed by atoms with E-state index in [4.69, 9.17) is 4.74 Å². The van der Waals surface area contributed by atoms with Crippen molar-refractivity contribution >= 4 is 39.3 Å². The molecule has 0 fully saturated rings. The predicted molar refractivity (Wildman–Crippen MR) is 104 cm³/mol. The molecule has 0 spiro atoms. The summed E-state index contributed by atoms with van der Waals surface area (Å²) in [7, 11) is 0. The maximum Gasteiger partial charge on any atom is 0.339 e. The number of esters is 1. The van der Waals surface area contributed by atoms with Crippen LogP contribution in [0.25, 0.3) is 10.8 Å². The standard InChI is InChI=1S/C21H17IO2/c22-18-10-4-2-7-15(18)8-5-11-19-17-13-12-14-6-1-3-9-16(14)20(17)21(23)24-19/h1-4,6-7,9-10,12-13,19H,5,8,11H2. The molecule has 3 aromatic rings. The number of cyclic esters (lactones) is 1. The van der Waals surface area contributed by atoms with E-state index in [9.17, 15) is 4.79 Å². The first-order chi connectivity index (χ1) is 11.7. The molecule has 1 unspecified atom stereocenters. The molecule has 1 atom stereocenters. The molecular weight excluding hydrogens is 411 g/mol. The van der Waals surface area contributed by atoms with Crippen LogP contribution in [0.1, 0.15) is 40.4 Å². The van der Waals surface area contributed by atoms with E-state index < -0.39 is 0 Å². The van der Waals surface area contributed by atoms with E-state index >= 15 is 0 Å². The summed E-state index contributed by atoms with van der Waals surface area (Å²) >= 11 is 2.38. The Morgan fingerprint density at radius 1 is 0.958 bits per heavy atom. The molecule has 0 bridgehead atoms. The molecule has 4 rings (SSSR count). The Kier molecular flexibility index (Phi) is 4.27. The first kappa shape index (κ1) is 15.6. The molecule has 120 valence electrons. The fourth-order valence-electron chi connectivity index (χ4n) is 3.43. The highest BCUT2D eigenvalue weighted by Crippen LogP contribution is 2.38. The van der Waals surface area contributed by atoms with Crippen LogP contribution >= 0.6 is 22.6 Å². The molecule has 24 heavy (non-hydrogen) atoms. The van der Waals surface area contributed by atoms with E-state index in [1.807, 2.05) is 24.3 Å². The molecule has 2 nitrogen and oxygen atoms in total. The minimum Gasteiger partial charge on any atom is -0.454 e. The summed E-state index contributed by atoms with van der Waals surface area (Å²) in [6.07, 6.45) is 2.76. The average Bonchev–Trinajstić information content (AvgIpc) is 2.93. The second-order valence-electron chi connectivity index (χ2n) is 6.13. The minimum absolute atomic E-state index is 0.113. The molecular formula is C21H17IO2. The molecule has 0 radical (unpaired) electrons. The maximum atomic E-state index is 12.4. The van der Waals surface area contributed by atoms with Crippen molar-refractivity contribution < 1.29 is 9.53 Å². The number of halogens is 1. The van der Waals surface area contributed by atoms with E-state index in [-0.39, 0.29) is 12.1 Å². The summed E-state index contributed by atoms with van der Waals surface area (Å²) in [5, 5.41) is 2.09. The van der Waals surface area contributed by atoms with Crippen LogP contribution in [0.5, 0.6) is 0 Å². The van der Waals surface area contributed by atoms with Crippen LogP contribution in [0.3, 0.4) is 0 Å². The zero-order valence-corrected chi connectivity index (χ0v) is 15.3. The lowest BCUT2D eigenvalue weighted by Gasteiger charge is -2.11. The van der Waals surface area contributed by atoms with Crippen LogP contribution < -0.4 is 0 Å². The average molecular weight is 428 g/mol. The Balaban J connectivity index is 1.54. The molecule has 0 saturated carbocycles. The summed E-state index contributed by atoms with van der Waals surface area (Å²) < 4.78 is 6.96. The predicted octanol–water partition coefficient (Wildman–Crippen LogP) is 5.68. The molecule has 0 saturated heterocycles. The number of rotatable bonds is 4. The largest absolute Gasteiger partial charge is 0.454 e. The van der Waals surface area contributed by atoms with Crippen molar-refractivity contribution in [1.29, 1.82) is 0 Å².